The second-order valence-corrected chi connectivity index (χ2v) is 12.9. The third-order valence-corrected chi connectivity index (χ3v) is 8.98. The molecule has 264 valence electrons. The number of ether oxygens (including phenoxy) is 7. The highest BCUT2D eigenvalue weighted by Gasteiger charge is 2.72. The van der Waals surface area contributed by atoms with Crippen LogP contribution in [0.3, 0.4) is 0 Å². The highest BCUT2D eigenvalue weighted by Crippen LogP contribution is 2.59. The Morgan fingerprint density at radius 3 is 2.13 bits per heavy atom. The summed E-state index contributed by atoms with van der Waals surface area (Å²) in [7, 11) is 1.67. The van der Waals surface area contributed by atoms with Crippen LogP contribution in [-0.2, 0) is 42.7 Å². The van der Waals surface area contributed by atoms with Crippen LogP contribution in [0.5, 0.6) is 0 Å². The molecule has 1 spiro atoms. The summed E-state index contributed by atoms with van der Waals surface area (Å²) in [6.45, 7) is 11.9. The average Bonchev–Trinajstić information content (AvgIpc) is 3.93. The molecule has 3 N–H and O–H groups in total. The van der Waals surface area contributed by atoms with Crippen LogP contribution in [-0.4, -0.2) is 126 Å². The lowest BCUT2D eigenvalue weighted by Crippen LogP contribution is -2.56. The third-order valence-electron chi connectivity index (χ3n) is 8.62. The topological polar surface area (TPSA) is 159 Å². The molecule has 14 heteroatoms. The van der Waals surface area contributed by atoms with Gasteiger partial charge in [-0.2, -0.15) is 12.6 Å². The molecule has 2 heterocycles. The number of hydrogen-bond acceptors (Lipinski definition) is 11. The van der Waals surface area contributed by atoms with Gasteiger partial charge in [-0.1, -0.05) is 11.6 Å². The maximum Gasteiger partial charge on any atom is 0.407 e. The first-order valence-electron chi connectivity index (χ1n) is 16.4. The highest BCUT2D eigenvalue weighted by atomic mass is 32.1. The van der Waals surface area contributed by atoms with E-state index >= 15 is 0 Å². The minimum Gasteiger partial charge on any atom is -0.443 e. The SMILES string of the molecule is CO[C@@H]1[C@H](OC(=O)NCCCOCCOCCOCCCNC(=O)[C@H](CS)NC(C)=O)CC[C@]2(CO2)[C@H]1[C@@]1(C)O[C@@H]1CC=C(C)C. The molecule has 0 bridgehead atoms. The largest absolute Gasteiger partial charge is 0.443 e. The lowest BCUT2D eigenvalue weighted by molar-refractivity contribution is -0.127. The van der Waals surface area contributed by atoms with E-state index in [0.29, 0.717) is 78.6 Å². The van der Waals surface area contributed by atoms with Crippen LogP contribution in [0.2, 0.25) is 0 Å². The van der Waals surface area contributed by atoms with Gasteiger partial charge in [-0.3, -0.25) is 9.59 Å². The molecule has 1 saturated carbocycles. The summed E-state index contributed by atoms with van der Waals surface area (Å²) in [5.74, 6) is -0.311. The predicted octanol–water partition coefficient (Wildman–Crippen LogP) is 2.17. The van der Waals surface area contributed by atoms with E-state index in [2.05, 4.69) is 55.4 Å². The van der Waals surface area contributed by atoms with Crippen molar-refractivity contribution in [3.05, 3.63) is 11.6 Å². The summed E-state index contributed by atoms with van der Waals surface area (Å²) in [6, 6.07) is -0.640. The van der Waals surface area contributed by atoms with Crippen molar-refractivity contribution in [1.82, 2.24) is 16.0 Å². The molecule has 7 atom stereocenters. The molecule has 46 heavy (non-hydrogen) atoms. The van der Waals surface area contributed by atoms with Crippen LogP contribution in [0, 0.1) is 5.92 Å². The zero-order valence-electron chi connectivity index (χ0n) is 28.1. The molecule has 0 aromatic carbocycles. The molecule has 3 aliphatic rings. The number of hydrogen-bond donors (Lipinski definition) is 4. The van der Waals surface area contributed by atoms with Gasteiger partial charge in [0.1, 0.15) is 29.5 Å². The summed E-state index contributed by atoms with van der Waals surface area (Å²) in [5, 5.41) is 8.13. The summed E-state index contributed by atoms with van der Waals surface area (Å²) in [5.41, 5.74) is 0.635. The van der Waals surface area contributed by atoms with Gasteiger partial charge in [-0.15, -0.1) is 0 Å². The normalized spacial score (nSPS) is 28.7. The van der Waals surface area contributed by atoms with Gasteiger partial charge in [0, 0.05) is 46.1 Å². The summed E-state index contributed by atoms with van der Waals surface area (Å²) < 4.78 is 40.6. The molecule has 2 saturated heterocycles. The average molecular weight is 674 g/mol. The van der Waals surface area contributed by atoms with Crippen molar-refractivity contribution in [2.24, 2.45) is 5.92 Å². The van der Waals surface area contributed by atoms with E-state index in [9.17, 15) is 14.4 Å². The van der Waals surface area contributed by atoms with Crippen LogP contribution >= 0.6 is 12.6 Å². The molecular weight excluding hydrogens is 618 g/mol. The van der Waals surface area contributed by atoms with Crippen molar-refractivity contribution in [1.29, 1.82) is 0 Å². The van der Waals surface area contributed by atoms with Crippen LogP contribution in [0.25, 0.3) is 0 Å². The smallest absolute Gasteiger partial charge is 0.407 e. The number of allylic oxidation sites excluding steroid dienone is 1. The fraction of sp³-hybridized carbons (Fsp3) is 0.844. The van der Waals surface area contributed by atoms with Crippen LogP contribution in [0.15, 0.2) is 11.6 Å². The molecule has 1 aliphatic carbocycles. The Hall–Kier alpha value is -1.94. The quantitative estimate of drug-likeness (QED) is 0.0581. The number of methoxy groups -OCH3 is 1. The Balaban J connectivity index is 1.18. The van der Waals surface area contributed by atoms with Gasteiger partial charge >= 0.3 is 6.09 Å². The molecule has 13 nitrogen and oxygen atoms in total. The molecule has 2 aliphatic heterocycles. The zero-order chi connectivity index (χ0) is 33.6. The van der Waals surface area contributed by atoms with Gasteiger partial charge in [0.2, 0.25) is 11.8 Å². The number of rotatable bonds is 22. The van der Waals surface area contributed by atoms with E-state index in [1.165, 1.54) is 12.5 Å². The van der Waals surface area contributed by atoms with E-state index in [0.717, 1.165) is 12.8 Å². The van der Waals surface area contributed by atoms with Gasteiger partial charge in [0.05, 0.1) is 45.1 Å². The van der Waals surface area contributed by atoms with Crippen LogP contribution < -0.4 is 16.0 Å². The maximum absolute atomic E-state index is 12.6. The van der Waals surface area contributed by atoms with Crippen LogP contribution in [0.1, 0.15) is 59.8 Å². The number of nitrogens with one attached hydrogen (secondary N) is 3. The van der Waals surface area contributed by atoms with Gasteiger partial charge in [-0.05, 0) is 52.9 Å². The van der Waals surface area contributed by atoms with E-state index in [4.69, 9.17) is 33.2 Å². The van der Waals surface area contributed by atoms with E-state index in [1.54, 1.807) is 7.11 Å². The van der Waals surface area contributed by atoms with Crippen molar-refractivity contribution in [3.8, 4) is 0 Å². The maximum atomic E-state index is 12.6. The monoisotopic (exact) mass is 673 g/mol. The number of thiol groups is 1. The van der Waals surface area contributed by atoms with E-state index < -0.39 is 12.1 Å². The van der Waals surface area contributed by atoms with E-state index in [-0.39, 0.29) is 53.0 Å². The van der Waals surface area contributed by atoms with Crippen molar-refractivity contribution in [3.63, 3.8) is 0 Å². The molecule has 0 radical (unpaired) electrons. The lowest BCUT2D eigenvalue weighted by Gasteiger charge is -2.42. The summed E-state index contributed by atoms with van der Waals surface area (Å²) in [6.07, 6.45) is 4.79. The Kier molecular flexibility index (Phi) is 16.0. The minimum atomic E-state index is -0.640. The third kappa shape index (κ3) is 11.9. The second kappa shape index (κ2) is 19.2. The number of carbonyl (C=O) groups is 3. The number of amides is 3. The van der Waals surface area contributed by atoms with Crippen LogP contribution in [0.4, 0.5) is 4.79 Å². The van der Waals surface area contributed by atoms with Gasteiger partial charge < -0.3 is 49.1 Å². The van der Waals surface area contributed by atoms with Crippen molar-refractivity contribution < 1.29 is 47.5 Å². The predicted molar refractivity (Wildman–Crippen MR) is 174 cm³/mol. The molecular formula is C32H55N3O10S. The molecule has 0 unspecified atom stereocenters. The first-order chi connectivity index (χ1) is 22.1. The summed E-state index contributed by atoms with van der Waals surface area (Å²) in [4.78, 5) is 35.7. The standard InChI is InChI=1S/C32H55N3O10S/c1-22(2)8-9-26-31(4,45-26)28-27(39-5)25(10-11-32(28)21-43-32)44-30(38)34-13-7-15-41-17-19-42-18-16-40-14-6-12-33-29(37)24(20-46)35-23(3)36/h8,24-28,46H,6-7,9-21H2,1-5H3,(H,33,37)(H,34,38)(H,35,36)/t24-,25+,26+,27+,28+,31-,32-/m0/s1. The number of epoxide rings is 2. The molecule has 3 fully saturated rings. The molecule has 3 amide bonds. The van der Waals surface area contributed by atoms with Crippen molar-refractivity contribution >= 4 is 30.5 Å². The van der Waals surface area contributed by atoms with E-state index in [1.807, 2.05) is 0 Å². The van der Waals surface area contributed by atoms with Gasteiger partial charge in [0.15, 0.2) is 0 Å². The fourth-order valence-electron chi connectivity index (χ4n) is 6.10. The second-order valence-electron chi connectivity index (χ2n) is 12.5. The molecule has 0 aromatic heterocycles. The number of alkyl carbamates (subject to hydrolysis) is 1. The summed E-state index contributed by atoms with van der Waals surface area (Å²) >= 11 is 4.08. The van der Waals surface area contributed by atoms with Gasteiger partial charge in [-0.25, -0.2) is 4.79 Å². The highest BCUT2D eigenvalue weighted by molar-refractivity contribution is 7.80. The molecule has 0 aromatic rings. The first-order valence-corrected chi connectivity index (χ1v) is 17.0. The van der Waals surface area contributed by atoms with Crippen molar-refractivity contribution in [2.45, 2.75) is 95.4 Å². The Morgan fingerprint density at radius 2 is 1.59 bits per heavy atom. The van der Waals surface area contributed by atoms with Gasteiger partial charge in [0.25, 0.3) is 0 Å². The Bertz CT molecular complexity index is 1010. The Morgan fingerprint density at radius 1 is 0.978 bits per heavy atom. The lowest BCUT2D eigenvalue weighted by atomic mass is 9.68. The zero-order valence-corrected chi connectivity index (χ0v) is 29.0. The minimum absolute atomic E-state index is 0.0111. The first kappa shape index (κ1) is 38.5. The number of carbonyl (C=O) groups excluding carboxylic acids is 3. The Labute approximate surface area is 278 Å². The fourth-order valence-corrected chi connectivity index (χ4v) is 6.36. The van der Waals surface area contributed by atoms with Crippen molar-refractivity contribution in [2.75, 3.05) is 72.2 Å². The molecule has 3 rings (SSSR count).